The molecule has 1 saturated heterocycles. The van der Waals surface area contributed by atoms with Crippen LogP contribution in [0.1, 0.15) is 64.2 Å². The van der Waals surface area contributed by atoms with Crippen LogP contribution in [0.3, 0.4) is 0 Å². The Labute approximate surface area is 109 Å². The standard InChI is InChI=1S/C15H23N3/c1-4-8-14-11(5-1)9-10-15-16-12-6-2-3-7-13(12)17-18(14)15/h11,14-15H,1-10H2. The first-order valence-corrected chi connectivity index (χ1v) is 7.85. The summed E-state index contributed by atoms with van der Waals surface area (Å²) in [6, 6.07) is 0.706. The van der Waals surface area contributed by atoms with Crippen LogP contribution in [0.5, 0.6) is 0 Å². The Morgan fingerprint density at radius 1 is 0.833 bits per heavy atom. The quantitative estimate of drug-likeness (QED) is 0.643. The summed E-state index contributed by atoms with van der Waals surface area (Å²) in [6.07, 6.45) is 13.6. The van der Waals surface area contributed by atoms with Gasteiger partial charge in [-0.25, -0.2) is 0 Å². The van der Waals surface area contributed by atoms with Crippen molar-refractivity contribution in [3.05, 3.63) is 0 Å². The minimum Gasteiger partial charge on any atom is -0.269 e. The zero-order chi connectivity index (χ0) is 11.9. The first-order chi connectivity index (χ1) is 8.92. The molecule has 0 N–H and O–H groups in total. The van der Waals surface area contributed by atoms with E-state index in [1.54, 1.807) is 0 Å². The number of hydrazone groups is 1. The highest BCUT2D eigenvalue weighted by Crippen LogP contribution is 2.40. The van der Waals surface area contributed by atoms with E-state index < -0.39 is 0 Å². The summed E-state index contributed by atoms with van der Waals surface area (Å²) in [5.41, 5.74) is 2.67. The molecule has 3 atom stereocenters. The van der Waals surface area contributed by atoms with Gasteiger partial charge in [-0.1, -0.05) is 12.8 Å². The first kappa shape index (κ1) is 11.0. The Kier molecular flexibility index (Phi) is 2.66. The van der Waals surface area contributed by atoms with Crippen LogP contribution >= 0.6 is 0 Å². The molecule has 2 aliphatic heterocycles. The molecule has 0 radical (unpaired) electrons. The largest absolute Gasteiger partial charge is 0.269 e. The zero-order valence-corrected chi connectivity index (χ0v) is 11.1. The maximum Gasteiger partial charge on any atom is 0.137 e. The van der Waals surface area contributed by atoms with Crippen molar-refractivity contribution in [2.75, 3.05) is 0 Å². The lowest BCUT2D eigenvalue weighted by Crippen LogP contribution is -2.51. The lowest BCUT2D eigenvalue weighted by molar-refractivity contribution is 0.0187. The average Bonchev–Trinajstić information content (AvgIpc) is 2.45. The van der Waals surface area contributed by atoms with Crippen LogP contribution in [0.4, 0.5) is 0 Å². The summed E-state index contributed by atoms with van der Waals surface area (Å²) in [4.78, 5) is 5.03. The van der Waals surface area contributed by atoms with Crippen molar-refractivity contribution in [1.82, 2.24) is 5.01 Å². The fourth-order valence-electron chi connectivity index (χ4n) is 4.29. The van der Waals surface area contributed by atoms with Gasteiger partial charge >= 0.3 is 0 Å². The Hall–Kier alpha value is -0.860. The molecule has 2 aliphatic carbocycles. The number of hydrogen-bond acceptors (Lipinski definition) is 3. The Morgan fingerprint density at radius 2 is 1.67 bits per heavy atom. The molecule has 18 heavy (non-hydrogen) atoms. The molecule has 4 rings (SSSR count). The normalized spacial score (nSPS) is 39.1. The molecule has 2 heterocycles. The lowest BCUT2D eigenvalue weighted by Gasteiger charge is -2.47. The van der Waals surface area contributed by atoms with E-state index in [4.69, 9.17) is 10.1 Å². The topological polar surface area (TPSA) is 28.0 Å². The summed E-state index contributed by atoms with van der Waals surface area (Å²) < 4.78 is 0. The minimum atomic E-state index is 0.390. The number of fused-ring (bicyclic) bond motifs is 4. The van der Waals surface area contributed by atoms with Gasteiger partial charge < -0.3 is 0 Å². The van der Waals surface area contributed by atoms with E-state index in [0.29, 0.717) is 12.2 Å². The molecular weight excluding hydrogens is 222 g/mol. The fourth-order valence-corrected chi connectivity index (χ4v) is 4.29. The fraction of sp³-hybridized carbons (Fsp3) is 0.867. The van der Waals surface area contributed by atoms with Gasteiger partial charge in [-0.3, -0.25) is 10.0 Å². The van der Waals surface area contributed by atoms with E-state index in [1.165, 1.54) is 75.6 Å². The molecule has 0 aromatic carbocycles. The third-order valence-corrected chi connectivity index (χ3v) is 5.26. The smallest absolute Gasteiger partial charge is 0.137 e. The van der Waals surface area contributed by atoms with Crippen molar-refractivity contribution < 1.29 is 0 Å². The van der Waals surface area contributed by atoms with Crippen LogP contribution in [0.15, 0.2) is 10.1 Å². The number of nitrogens with zero attached hydrogens (tertiary/aromatic N) is 3. The van der Waals surface area contributed by atoms with Crippen molar-refractivity contribution in [3.63, 3.8) is 0 Å². The third-order valence-electron chi connectivity index (χ3n) is 5.26. The Balaban J connectivity index is 1.63. The molecule has 0 aromatic heterocycles. The van der Waals surface area contributed by atoms with Crippen LogP contribution in [0.25, 0.3) is 0 Å². The van der Waals surface area contributed by atoms with Gasteiger partial charge in [-0.05, 0) is 57.3 Å². The maximum absolute atomic E-state index is 5.03. The van der Waals surface area contributed by atoms with Crippen molar-refractivity contribution in [2.24, 2.45) is 16.0 Å². The second-order valence-electron chi connectivity index (χ2n) is 6.38. The summed E-state index contributed by atoms with van der Waals surface area (Å²) in [6.45, 7) is 0. The first-order valence-electron chi connectivity index (χ1n) is 7.85. The van der Waals surface area contributed by atoms with E-state index in [2.05, 4.69) is 5.01 Å². The molecular formula is C15H23N3. The van der Waals surface area contributed by atoms with Crippen molar-refractivity contribution in [2.45, 2.75) is 76.4 Å². The summed E-state index contributed by atoms with van der Waals surface area (Å²) in [5.74, 6) is 0.902. The van der Waals surface area contributed by atoms with Gasteiger partial charge in [0.1, 0.15) is 6.17 Å². The monoisotopic (exact) mass is 245 g/mol. The van der Waals surface area contributed by atoms with Crippen molar-refractivity contribution in [1.29, 1.82) is 0 Å². The lowest BCUT2D eigenvalue weighted by atomic mass is 9.78. The highest BCUT2D eigenvalue weighted by atomic mass is 15.5. The van der Waals surface area contributed by atoms with Crippen LogP contribution in [0, 0.1) is 5.92 Å². The van der Waals surface area contributed by atoms with Gasteiger partial charge in [0.25, 0.3) is 0 Å². The van der Waals surface area contributed by atoms with Crippen LogP contribution in [-0.4, -0.2) is 28.6 Å². The molecule has 0 spiro atoms. The predicted octanol–water partition coefficient (Wildman–Crippen LogP) is 3.35. The van der Waals surface area contributed by atoms with Gasteiger partial charge in [0, 0.05) is 0 Å². The molecule has 3 fully saturated rings. The third kappa shape index (κ3) is 1.70. The molecule has 0 aromatic rings. The average molecular weight is 245 g/mol. The molecule has 3 nitrogen and oxygen atoms in total. The number of hydrogen-bond donors (Lipinski definition) is 0. The number of aliphatic imine (C=N–C) groups is 1. The molecule has 3 heteroatoms. The Bertz CT molecular complexity index is 399. The molecule has 0 amide bonds. The van der Waals surface area contributed by atoms with Gasteiger partial charge in [0.05, 0.1) is 17.5 Å². The van der Waals surface area contributed by atoms with E-state index in [-0.39, 0.29) is 0 Å². The second kappa shape index (κ2) is 4.36. The van der Waals surface area contributed by atoms with Crippen LogP contribution < -0.4 is 0 Å². The van der Waals surface area contributed by atoms with Gasteiger partial charge in [0.2, 0.25) is 0 Å². The van der Waals surface area contributed by atoms with E-state index >= 15 is 0 Å². The minimum absolute atomic E-state index is 0.390. The molecule has 0 bridgehead atoms. The molecule has 2 saturated carbocycles. The van der Waals surface area contributed by atoms with E-state index in [1.807, 2.05) is 0 Å². The number of rotatable bonds is 0. The zero-order valence-electron chi connectivity index (χ0n) is 11.1. The van der Waals surface area contributed by atoms with Crippen LogP contribution in [0.2, 0.25) is 0 Å². The SMILES string of the molecule is C1CCC2=NN3C(CCC4CCCCC43)N=C2C1. The van der Waals surface area contributed by atoms with Crippen molar-refractivity contribution in [3.8, 4) is 0 Å². The molecule has 98 valence electrons. The number of piperidine rings is 1. The molecule has 3 unspecified atom stereocenters. The summed E-state index contributed by atoms with van der Waals surface area (Å²) in [5, 5.41) is 7.44. The predicted molar refractivity (Wildman–Crippen MR) is 73.9 cm³/mol. The van der Waals surface area contributed by atoms with Crippen LogP contribution in [-0.2, 0) is 0 Å². The Morgan fingerprint density at radius 3 is 2.61 bits per heavy atom. The van der Waals surface area contributed by atoms with Gasteiger partial charge in [-0.2, -0.15) is 5.10 Å². The second-order valence-corrected chi connectivity index (χ2v) is 6.38. The molecule has 4 aliphatic rings. The highest BCUT2D eigenvalue weighted by molar-refractivity contribution is 6.43. The highest BCUT2D eigenvalue weighted by Gasteiger charge is 2.40. The van der Waals surface area contributed by atoms with Gasteiger partial charge in [-0.15, -0.1) is 0 Å². The van der Waals surface area contributed by atoms with Gasteiger partial charge in [0.15, 0.2) is 0 Å². The van der Waals surface area contributed by atoms with E-state index in [9.17, 15) is 0 Å². The summed E-state index contributed by atoms with van der Waals surface area (Å²) in [7, 11) is 0. The maximum atomic E-state index is 5.03. The van der Waals surface area contributed by atoms with Crippen molar-refractivity contribution >= 4 is 11.4 Å². The summed E-state index contributed by atoms with van der Waals surface area (Å²) >= 11 is 0. The van der Waals surface area contributed by atoms with E-state index in [0.717, 1.165) is 5.92 Å².